The normalized spacial score (nSPS) is 17.5. The summed E-state index contributed by atoms with van der Waals surface area (Å²) in [6.45, 7) is 1.89. The van der Waals surface area contributed by atoms with Crippen LogP contribution in [0.15, 0.2) is 54.7 Å². The molecular weight excluding hydrogens is 302 g/mol. The van der Waals surface area contributed by atoms with E-state index in [1.807, 2.05) is 53.6 Å². The predicted octanol–water partition coefficient (Wildman–Crippen LogP) is 2.71. The van der Waals surface area contributed by atoms with Crippen molar-refractivity contribution in [2.45, 2.75) is 19.2 Å². The van der Waals surface area contributed by atoms with Crippen LogP contribution in [0.25, 0.3) is 10.9 Å². The van der Waals surface area contributed by atoms with Gasteiger partial charge in [-0.25, -0.2) is 4.98 Å². The quantitative estimate of drug-likeness (QED) is 0.729. The third-order valence-corrected chi connectivity index (χ3v) is 4.54. The van der Waals surface area contributed by atoms with Crippen LogP contribution in [0.5, 0.6) is 0 Å². The third kappa shape index (κ3) is 2.67. The van der Waals surface area contributed by atoms with Gasteiger partial charge < -0.3 is 14.2 Å². The summed E-state index contributed by atoms with van der Waals surface area (Å²) in [6, 6.07) is 15.6. The first-order valence-electron chi connectivity index (χ1n) is 8.06. The van der Waals surface area contributed by atoms with Crippen molar-refractivity contribution in [2.24, 2.45) is 0 Å². The second kappa shape index (κ2) is 6.09. The van der Waals surface area contributed by atoms with Crippen LogP contribution in [0, 0.1) is 0 Å². The molecule has 1 atom stereocenters. The monoisotopic (exact) mass is 321 g/mol. The molecule has 1 aliphatic rings. The van der Waals surface area contributed by atoms with Gasteiger partial charge in [-0.05, 0) is 24.3 Å². The zero-order valence-corrected chi connectivity index (χ0v) is 13.6. The highest BCUT2D eigenvalue weighted by Crippen LogP contribution is 2.18. The number of hydrogen-bond acceptors (Lipinski definition) is 3. The Kier molecular flexibility index (Phi) is 3.78. The van der Waals surface area contributed by atoms with Gasteiger partial charge in [0.05, 0.1) is 24.7 Å². The summed E-state index contributed by atoms with van der Waals surface area (Å²) in [5.74, 6) is -0.0579. The van der Waals surface area contributed by atoms with Crippen molar-refractivity contribution in [3.63, 3.8) is 0 Å². The third-order valence-electron chi connectivity index (χ3n) is 4.54. The maximum Gasteiger partial charge on any atom is 0.272 e. The van der Waals surface area contributed by atoms with Crippen molar-refractivity contribution in [3.05, 3.63) is 66.1 Å². The number of aromatic nitrogens is 2. The average molecular weight is 321 g/mol. The Balaban J connectivity index is 1.66. The maximum atomic E-state index is 13.0. The molecule has 0 bridgehead atoms. The number of nitrogens with zero attached hydrogens (tertiary/aromatic N) is 3. The van der Waals surface area contributed by atoms with E-state index < -0.39 is 0 Å². The Hall–Kier alpha value is -2.66. The number of carbonyl (C=O) groups excluding carboxylic acids is 1. The SMILES string of the molecule is CO[C@@H]1CN(C(=O)c2ccc3ccccc3n2)Cc2cccn2C1. The Morgan fingerprint density at radius 1 is 1.12 bits per heavy atom. The molecule has 3 heterocycles. The first kappa shape index (κ1) is 14.9. The van der Waals surface area contributed by atoms with E-state index in [1.54, 1.807) is 13.2 Å². The van der Waals surface area contributed by atoms with Gasteiger partial charge in [-0.15, -0.1) is 0 Å². The molecule has 0 fully saturated rings. The van der Waals surface area contributed by atoms with E-state index in [9.17, 15) is 4.79 Å². The Morgan fingerprint density at radius 3 is 2.88 bits per heavy atom. The number of carbonyl (C=O) groups is 1. The summed E-state index contributed by atoms with van der Waals surface area (Å²) in [7, 11) is 1.69. The summed E-state index contributed by atoms with van der Waals surface area (Å²) in [6.07, 6.45) is 2.01. The van der Waals surface area contributed by atoms with E-state index in [4.69, 9.17) is 4.74 Å². The molecule has 5 nitrogen and oxygen atoms in total. The molecule has 24 heavy (non-hydrogen) atoms. The lowest BCUT2D eigenvalue weighted by molar-refractivity contribution is 0.0455. The van der Waals surface area contributed by atoms with Crippen molar-refractivity contribution in [3.8, 4) is 0 Å². The highest BCUT2D eigenvalue weighted by Gasteiger charge is 2.26. The summed E-state index contributed by atoms with van der Waals surface area (Å²) in [5.41, 5.74) is 2.43. The van der Waals surface area contributed by atoms with Crippen LogP contribution >= 0.6 is 0 Å². The number of amides is 1. The number of para-hydroxylation sites is 1. The minimum Gasteiger partial charge on any atom is -0.378 e. The number of methoxy groups -OCH3 is 1. The Labute approximate surface area is 140 Å². The van der Waals surface area contributed by atoms with Crippen LogP contribution in [-0.4, -0.2) is 40.1 Å². The van der Waals surface area contributed by atoms with E-state index >= 15 is 0 Å². The van der Waals surface area contributed by atoms with Crippen LogP contribution in [-0.2, 0) is 17.8 Å². The standard InChI is InChI=1S/C19H19N3O2/c1-24-16-12-21-10-4-6-15(21)11-22(13-16)19(23)18-9-8-14-5-2-3-7-17(14)20-18/h2-10,16H,11-13H2,1H3/t16-/m0/s1. The van der Waals surface area contributed by atoms with Gasteiger partial charge in [-0.1, -0.05) is 24.3 Å². The van der Waals surface area contributed by atoms with Gasteiger partial charge in [-0.2, -0.15) is 0 Å². The fourth-order valence-corrected chi connectivity index (χ4v) is 3.21. The van der Waals surface area contributed by atoms with E-state index in [0.717, 1.165) is 23.1 Å². The van der Waals surface area contributed by atoms with Gasteiger partial charge in [-0.3, -0.25) is 4.79 Å². The number of fused-ring (bicyclic) bond motifs is 2. The molecule has 0 spiro atoms. The molecule has 1 aromatic carbocycles. The van der Waals surface area contributed by atoms with Crippen molar-refractivity contribution >= 4 is 16.8 Å². The van der Waals surface area contributed by atoms with Gasteiger partial charge in [0.2, 0.25) is 0 Å². The van der Waals surface area contributed by atoms with Crippen molar-refractivity contribution < 1.29 is 9.53 Å². The van der Waals surface area contributed by atoms with E-state index in [0.29, 0.717) is 18.8 Å². The molecule has 122 valence electrons. The van der Waals surface area contributed by atoms with Crippen molar-refractivity contribution in [2.75, 3.05) is 13.7 Å². The predicted molar refractivity (Wildman–Crippen MR) is 91.7 cm³/mol. The highest BCUT2D eigenvalue weighted by atomic mass is 16.5. The largest absolute Gasteiger partial charge is 0.378 e. The molecule has 0 N–H and O–H groups in total. The van der Waals surface area contributed by atoms with Crippen LogP contribution < -0.4 is 0 Å². The zero-order chi connectivity index (χ0) is 16.5. The number of rotatable bonds is 2. The molecule has 0 saturated heterocycles. The first-order chi connectivity index (χ1) is 11.7. The molecule has 1 amide bonds. The lowest BCUT2D eigenvalue weighted by Gasteiger charge is -2.23. The fourth-order valence-electron chi connectivity index (χ4n) is 3.21. The maximum absolute atomic E-state index is 13.0. The van der Waals surface area contributed by atoms with Gasteiger partial charge >= 0.3 is 0 Å². The van der Waals surface area contributed by atoms with E-state index in [-0.39, 0.29) is 12.0 Å². The van der Waals surface area contributed by atoms with Crippen LogP contribution in [0.4, 0.5) is 0 Å². The molecule has 0 unspecified atom stereocenters. The van der Waals surface area contributed by atoms with E-state index in [1.165, 1.54) is 0 Å². The molecular formula is C19H19N3O2. The molecule has 0 saturated carbocycles. The van der Waals surface area contributed by atoms with Crippen molar-refractivity contribution in [1.82, 2.24) is 14.5 Å². The van der Waals surface area contributed by atoms with Crippen LogP contribution in [0.2, 0.25) is 0 Å². The zero-order valence-electron chi connectivity index (χ0n) is 13.6. The second-order valence-electron chi connectivity index (χ2n) is 6.08. The molecule has 3 aromatic rings. The minimum atomic E-state index is -0.0579. The highest BCUT2D eigenvalue weighted by molar-refractivity contribution is 5.94. The Morgan fingerprint density at radius 2 is 2.00 bits per heavy atom. The van der Waals surface area contributed by atoms with Crippen LogP contribution in [0.1, 0.15) is 16.2 Å². The fraction of sp³-hybridized carbons (Fsp3) is 0.263. The lowest BCUT2D eigenvalue weighted by Crippen LogP contribution is -2.37. The van der Waals surface area contributed by atoms with Gasteiger partial charge in [0.25, 0.3) is 5.91 Å². The summed E-state index contributed by atoms with van der Waals surface area (Å²) in [4.78, 5) is 19.3. The summed E-state index contributed by atoms with van der Waals surface area (Å²) < 4.78 is 7.70. The molecule has 1 aliphatic heterocycles. The smallest absolute Gasteiger partial charge is 0.272 e. The first-order valence-corrected chi connectivity index (χ1v) is 8.06. The number of ether oxygens (including phenoxy) is 1. The molecule has 2 aromatic heterocycles. The van der Waals surface area contributed by atoms with Crippen molar-refractivity contribution in [1.29, 1.82) is 0 Å². The second-order valence-corrected chi connectivity index (χ2v) is 6.08. The molecule has 0 aliphatic carbocycles. The molecule has 0 radical (unpaired) electrons. The summed E-state index contributed by atoms with van der Waals surface area (Å²) >= 11 is 0. The van der Waals surface area contributed by atoms with Crippen LogP contribution in [0.3, 0.4) is 0 Å². The number of hydrogen-bond donors (Lipinski definition) is 0. The van der Waals surface area contributed by atoms with Gasteiger partial charge in [0.1, 0.15) is 5.69 Å². The lowest BCUT2D eigenvalue weighted by atomic mass is 10.2. The topological polar surface area (TPSA) is 47.4 Å². The summed E-state index contributed by atoms with van der Waals surface area (Å²) in [5, 5.41) is 1.04. The number of pyridine rings is 1. The van der Waals surface area contributed by atoms with Gasteiger partial charge in [0.15, 0.2) is 0 Å². The average Bonchev–Trinajstić information content (AvgIpc) is 2.98. The Bertz CT molecular complexity index is 887. The molecule has 4 rings (SSSR count). The van der Waals surface area contributed by atoms with Gasteiger partial charge in [0, 0.05) is 30.9 Å². The number of benzene rings is 1. The minimum absolute atomic E-state index is 0.0249. The van der Waals surface area contributed by atoms with E-state index in [2.05, 4.69) is 9.55 Å². The molecule has 5 heteroatoms.